The molecular weight excluding hydrogens is 284 g/mol. The smallest absolute Gasteiger partial charge is 0.314 e. The van der Waals surface area contributed by atoms with Crippen molar-refractivity contribution in [2.24, 2.45) is 5.92 Å². The van der Waals surface area contributed by atoms with E-state index in [0.717, 1.165) is 12.8 Å². The molecule has 1 unspecified atom stereocenters. The maximum atomic E-state index is 12.1. The number of aryl methyl sites for hydroxylation is 1. The number of hydrogen-bond acceptors (Lipinski definition) is 2. The summed E-state index contributed by atoms with van der Waals surface area (Å²) in [4.78, 5) is 12.1. The lowest BCUT2D eigenvalue weighted by Crippen LogP contribution is -2.18. The van der Waals surface area contributed by atoms with Gasteiger partial charge in [0.25, 0.3) is 0 Å². The van der Waals surface area contributed by atoms with Crippen LogP contribution >= 0.6 is 0 Å². The van der Waals surface area contributed by atoms with E-state index in [4.69, 9.17) is 4.74 Å². The summed E-state index contributed by atoms with van der Waals surface area (Å²) in [7, 11) is 0. The van der Waals surface area contributed by atoms with Gasteiger partial charge in [0.2, 0.25) is 0 Å². The van der Waals surface area contributed by atoms with Crippen LogP contribution in [-0.2, 0) is 11.2 Å². The molecule has 0 aliphatic carbocycles. The van der Waals surface area contributed by atoms with E-state index in [-0.39, 0.29) is 11.9 Å². The van der Waals surface area contributed by atoms with E-state index in [1.165, 1.54) is 16.3 Å². The normalized spacial score (nSPS) is 12.0. The number of hydrogen-bond donors (Lipinski definition) is 0. The molecule has 0 spiro atoms. The number of carbonyl (C=O) groups is 1. The van der Waals surface area contributed by atoms with E-state index < -0.39 is 0 Å². The lowest BCUT2D eigenvalue weighted by Gasteiger charge is -2.11. The molecular formula is C21H20O2. The third-order valence-corrected chi connectivity index (χ3v) is 4.04. The van der Waals surface area contributed by atoms with Gasteiger partial charge in [-0.05, 0) is 41.3 Å². The first-order chi connectivity index (χ1) is 11.2. The zero-order valence-electron chi connectivity index (χ0n) is 13.2. The fourth-order valence-corrected chi connectivity index (χ4v) is 2.60. The predicted octanol–water partition coefficient (Wildman–Crippen LogP) is 5.01. The number of esters is 1. The van der Waals surface area contributed by atoms with Crippen LogP contribution in [0.15, 0.2) is 72.8 Å². The molecule has 2 nitrogen and oxygen atoms in total. The Balaban J connectivity index is 1.59. The largest absolute Gasteiger partial charge is 0.426 e. The van der Waals surface area contributed by atoms with Crippen LogP contribution in [0.4, 0.5) is 0 Å². The first-order valence-corrected chi connectivity index (χ1v) is 7.97. The number of para-hydroxylation sites is 1. The highest BCUT2D eigenvalue weighted by Crippen LogP contribution is 2.19. The van der Waals surface area contributed by atoms with Gasteiger partial charge in [-0.2, -0.15) is 0 Å². The minimum Gasteiger partial charge on any atom is -0.426 e. The van der Waals surface area contributed by atoms with Gasteiger partial charge >= 0.3 is 5.97 Å². The lowest BCUT2D eigenvalue weighted by atomic mass is 9.99. The minimum atomic E-state index is -0.169. The second-order valence-corrected chi connectivity index (χ2v) is 5.86. The average molecular weight is 304 g/mol. The maximum Gasteiger partial charge on any atom is 0.314 e. The number of rotatable bonds is 5. The summed E-state index contributed by atoms with van der Waals surface area (Å²) < 4.78 is 5.40. The van der Waals surface area contributed by atoms with Crippen LogP contribution < -0.4 is 4.74 Å². The molecule has 3 rings (SSSR count). The summed E-state index contributed by atoms with van der Waals surface area (Å²) in [6.45, 7) is 1.92. The minimum absolute atomic E-state index is 0.123. The first-order valence-electron chi connectivity index (χ1n) is 7.97. The second kappa shape index (κ2) is 7.10. The molecule has 0 heterocycles. The molecule has 3 aromatic rings. The Bertz CT molecular complexity index is 793. The van der Waals surface area contributed by atoms with E-state index >= 15 is 0 Å². The number of benzene rings is 3. The standard InChI is InChI=1S/C21H20O2/c1-16(21(22)23-20-9-3-2-4-10-20)11-12-17-13-14-18-7-5-6-8-19(18)15-17/h2-10,13-16H,11-12H2,1H3. The Kier molecular flexibility index (Phi) is 4.72. The molecule has 0 aliphatic rings. The van der Waals surface area contributed by atoms with Crippen LogP contribution in [0.2, 0.25) is 0 Å². The Labute approximate surface area is 136 Å². The van der Waals surface area contributed by atoms with Gasteiger partial charge in [0.05, 0.1) is 5.92 Å². The molecule has 0 saturated carbocycles. The van der Waals surface area contributed by atoms with Gasteiger partial charge in [-0.1, -0.05) is 67.6 Å². The van der Waals surface area contributed by atoms with Gasteiger partial charge in [-0.25, -0.2) is 0 Å². The molecule has 0 bridgehead atoms. The molecule has 0 aliphatic heterocycles. The quantitative estimate of drug-likeness (QED) is 0.489. The molecule has 0 amide bonds. The zero-order chi connectivity index (χ0) is 16.1. The van der Waals surface area contributed by atoms with Gasteiger partial charge < -0.3 is 4.74 Å². The van der Waals surface area contributed by atoms with Crippen molar-refractivity contribution >= 4 is 16.7 Å². The molecule has 23 heavy (non-hydrogen) atoms. The van der Waals surface area contributed by atoms with E-state index in [1.54, 1.807) is 12.1 Å². The second-order valence-electron chi connectivity index (χ2n) is 5.86. The summed E-state index contributed by atoms with van der Waals surface area (Å²) in [6.07, 6.45) is 1.65. The third-order valence-electron chi connectivity index (χ3n) is 4.04. The van der Waals surface area contributed by atoms with Crippen LogP contribution in [0.3, 0.4) is 0 Å². The van der Waals surface area contributed by atoms with Crippen LogP contribution in [0.1, 0.15) is 18.9 Å². The molecule has 116 valence electrons. The highest BCUT2D eigenvalue weighted by molar-refractivity contribution is 5.83. The Morgan fingerprint density at radius 1 is 0.913 bits per heavy atom. The van der Waals surface area contributed by atoms with E-state index in [9.17, 15) is 4.79 Å². The number of ether oxygens (including phenoxy) is 1. The van der Waals surface area contributed by atoms with Crippen molar-refractivity contribution in [1.82, 2.24) is 0 Å². The van der Waals surface area contributed by atoms with Crippen molar-refractivity contribution in [1.29, 1.82) is 0 Å². The van der Waals surface area contributed by atoms with Crippen molar-refractivity contribution in [2.75, 3.05) is 0 Å². The van der Waals surface area contributed by atoms with Gasteiger partial charge in [0.15, 0.2) is 0 Å². The van der Waals surface area contributed by atoms with Crippen LogP contribution in [-0.4, -0.2) is 5.97 Å². The van der Waals surface area contributed by atoms with Gasteiger partial charge in [0.1, 0.15) is 5.75 Å². The van der Waals surface area contributed by atoms with Crippen molar-refractivity contribution in [3.8, 4) is 5.75 Å². The van der Waals surface area contributed by atoms with E-state index in [1.807, 2.05) is 37.3 Å². The van der Waals surface area contributed by atoms with Gasteiger partial charge in [-0.3, -0.25) is 4.79 Å². The Morgan fingerprint density at radius 2 is 1.61 bits per heavy atom. The van der Waals surface area contributed by atoms with Crippen LogP contribution in [0.25, 0.3) is 10.8 Å². The SMILES string of the molecule is CC(CCc1ccc2ccccc2c1)C(=O)Oc1ccccc1. The summed E-state index contributed by atoms with van der Waals surface area (Å²) in [5, 5.41) is 2.48. The van der Waals surface area contributed by atoms with Gasteiger partial charge in [0, 0.05) is 0 Å². The van der Waals surface area contributed by atoms with E-state index in [2.05, 4.69) is 30.3 Å². The zero-order valence-corrected chi connectivity index (χ0v) is 13.2. The molecule has 3 aromatic carbocycles. The molecule has 0 N–H and O–H groups in total. The molecule has 1 atom stereocenters. The number of carbonyl (C=O) groups excluding carboxylic acids is 1. The third kappa shape index (κ3) is 3.98. The fourth-order valence-electron chi connectivity index (χ4n) is 2.60. The predicted molar refractivity (Wildman–Crippen MR) is 93.5 cm³/mol. The van der Waals surface area contributed by atoms with Gasteiger partial charge in [-0.15, -0.1) is 0 Å². The topological polar surface area (TPSA) is 26.3 Å². The number of fused-ring (bicyclic) bond motifs is 1. The maximum absolute atomic E-state index is 12.1. The van der Waals surface area contributed by atoms with Crippen molar-refractivity contribution in [3.05, 3.63) is 78.4 Å². The summed E-state index contributed by atoms with van der Waals surface area (Å²) in [6, 6.07) is 24.0. The highest BCUT2D eigenvalue weighted by atomic mass is 16.5. The lowest BCUT2D eigenvalue weighted by molar-refractivity contribution is -0.138. The molecule has 0 aromatic heterocycles. The fraction of sp³-hybridized carbons (Fsp3) is 0.190. The molecule has 0 fully saturated rings. The van der Waals surface area contributed by atoms with Crippen molar-refractivity contribution in [3.63, 3.8) is 0 Å². The summed E-state index contributed by atoms with van der Waals surface area (Å²) >= 11 is 0. The average Bonchev–Trinajstić information content (AvgIpc) is 2.60. The van der Waals surface area contributed by atoms with E-state index in [0.29, 0.717) is 5.75 Å². The Hall–Kier alpha value is -2.61. The van der Waals surface area contributed by atoms with Crippen LogP contribution in [0.5, 0.6) is 5.75 Å². The molecule has 0 saturated heterocycles. The van der Waals surface area contributed by atoms with Crippen molar-refractivity contribution < 1.29 is 9.53 Å². The Morgan fingerprint density at radius 3 is 2.39 bits per heavy atom. The summed E-state index contributed by atoms with van der Waals surface area (Å²) in [5.74, 6) is 0.314. The van der Waals surface area contributed by atoms with Crippen molar-refractivity contribution in [2.45, 2.75) is 19.8 Å². The molecule has 0 radical (unpaired) electrons. The molecule has 2 heteroatoms. The van der Waals surface area contributed by atoms with Crippen LogP contribution in [0, 0.1) is 5.92 Å². The highest BCUT2D eigenvalue weighted by Gasteiger charge is 2.15. The monoisotopic (exact) mass is 304 g/mol. The summed E-state index contributed by atoms with van der Waals surface area (Å²) in [5.41, 5.74) is 1.25. The first kappa shape index (κ1) is 15.3.